The molecule has 0 aromatic rings. The number of aliphatic hydroxyl groups excluding tert-OH is 2. The molecule has 6 heteroatoms. The minimum absolute atomic E-state index is 0.0695. The van der Waals surface area contributed by atoms with Crippen LogP contribution in [0.25, 0.3) is 0 Å². The summed E-state index contributed by atoms with van der Waals surface area (Å²) < 4.78 is 11.3. The second-order valence-electron chi connectivity index (χ2n) is 10.4. The van der Waals surface area contributed by atoms with E-state index in [0.29, 0.717) is 24.5 Å². The third-order valence-corrected chi connectivity index (χ3v) is 8.58. The Labute approximate surface area is 178 Å². The molecule has 4 aliphatic rings. The molecule has 0 bridgehead atoms. The lowest BCUT2D eigenvalue weighted by Gasteiger charge is -2.58. The van der Waals surface area contributed by atoms with Gasteiger partial charge in [0.1, 0.15) is 12.2 Å². The Morgan fingerprint density at radius 1 is 1.37 bits per heavy atom. The highest BCUT2D eigenvalue weighted by Gasteiger charge is 2.69. The van der Waals surface area contributed by atoms with Gasteiger partial charge >= 0.3 is 5.97 Å². The van der Waals surface area contributed by atoms with Gasteiger partial charge in [-0.3, -0.25) is 9.59 Å². The lowest BCUT2D eigenvalue weighted by Crippen LogP contribution is -2.53. The number of rotatable bonds is 5. The number of epoxide rings is 1. The van der Waals surface area contributed by atoms with Gasteiger partial charge in [0.2, 0.25) is 0 Å². The summed E-state index contributed by atoms with van der Waals surface area (Å²) in [7, 11) is 0. The lowest BCUT2D eigenvalue weighted by molar-refractivity contribution is -0.153. The second kappa shape index (κ2) is 7.28. The summed E-state index contributed by atoms with van der Waals surface area (Å²) in [6.45, 7) is 10.4. The van der Waals surface area contributed by atoms with Crippen LogP contribution in [0, 0.1) is 22.7 Å². The Hall–Kier alpha value is -1.50. The van der Waals surface area contributed by atoms with Crippen LogP contribution in [0.15, 0.2) is 23.8 Å². The first-order valence-electron chi connectivity index (χ1n) is 11.1. The van der Waals surface area contributed by atoms with E-state index in [1.165, 1.54) is 13.0 Å². The van der Waals surface area contributed by atoms with Crippen LogP contribution in [0.1, 0.15) is 59.3 Å². The van der Waals surface area contributed by atoms with E-state index < -0.39 is 17.8 Å². The van der Waals surface area contributed by atoms with Gasteiger partial charge in [-0.15, -0.1) is 0 Å². The molecule has 30 heavy (non-hydrogen) atoms. The summed E-state index contributed by atoms with van der Waals surface area (Å²) in [4.78, 5) is 24.4. The van der Waals surface area contributed by atoms with Crippen molar-refractivity contribution in [1.29, 1.82) is 0 Å². The van der Waals surface area contributed by atoms with Crippen molar-refractivity contribution >= 4 is 11.8 Å². The zero-order chi connectivity index (χ0) is 21.9. The average molecular weight is 419 g/mol. The van der Waals surface area contributed by atoms with Crippen molar-refractivity contribution in [3.8, 4) is 0 Å². The minimum atomic E-state index is -1.000. The maximum atomic E-state index is 12.9. The number of hydrogen-bond acceptors (Lipinski definition) is 6. The molecule has 1 aliphatic heterocycles. The van der Waals surface area contributed by atoms with Gasteiger partial charge in [0.05, 0.1) is 13.2 Å². The van der Waals surface area contributed by atoms with Crippen LogP contribution in [-0.4, -0.2) is 53.0 Å². The summed E-state index contributed by atoms with van der Waals surface area (Å²) in [6.07, 6.45) is 5.34. The van der Waals surface area contributed by atoms with E-state index in [0.717, 1.165) is 37.7 Å². The van der Waals surface area contributed by atoms with Gasteiger partial charge in [-0.25, -0.2) is 0 Å². The van der Waals surface area contributed by atoms with Crippen LogP contribution < -0.4 is 0 Å². The predicted molar refractivity (Wildman–Crippen MR) is 110 cm³/mol. The molecule has 0 spiro atoms. The van der Waals surface area contributed by atoms with Crippen molar-refractivity contribution in [2.24, 2.45) is 22.7 Å². The molecule has 0 aromatic carbocycles. The fraction of sp³-hybridized carbons (Fsp3) is 0.750. The number of ketones is 1. The first-order valence-corrected chi connectivity index (χ1v) is 11.1. The van der Waals surface area contributed by atoms with E-state index in [2.05, 4.69) is 20.4 Å². The Bertz CT molecular complexity index is 802. The summed E-state index contributed by atoms with van der Waals surface area (Å²) in [5, 5.41) is 19.9. The maximum Gasteiger partial charge on any atom is 0.302 e. The second-order valence-corrected chi connectivity index (χ2v) is 10.4. The van der Waals surface area contributed by atoms with E-state index in [1.54, 1.807) is 0 Å². The van der Waals surface area contributed by atoms with E-state index in [1.807, 2.05) is 0 Å². The predicted octanol–water partition coefficient (Wildman–Crippen LogP) is 2.72. The number of hydrogen-bond donors (Lipinski definition) is 2. The number of aliphatic hydroxyl groups is 2. The van der Waals surface area contributed by atoms with E-state index >= 15 is 0 Å². The highest BCUT2D eigenvalue weighted by molar-refractivity contribution is 6.02. The molecule has 0 radical (unpaired) electrons. The molecule has 166 valence electrons. The zero-order valence-electron chi connectivity index (χ0n) is 18.3. The third kappa shape index (κ3) is 3.19. The molecular formula is C24H34O6. The molecule has 3 aliphatic carbocycles. The number of carbonyl (C=O) groups excluding carboxylic acids is 2. The first kappa shape index (κ1) is 21.7. The number of esters is 1. The Balaban J connectivity index is 1.61. The average Bonchev–Trinajstić information content (AvgIpc) is 3.43. The number of fused-ring (bicyclic) bond motifs is 2. The normalized spacial score (nSPS) is 45.3. The topological polar surface area (TPSA) is 96.4 Å². The van der Waals surface area contributed by atoms with Crippen molar-refractivity contribution in [3.63, 3.8) is 0 Å². The molecule has 3 fully saturated rings. The standard InChI is InChI=1S/C24H34O6/c1-14-6-7-18-22(3,13-29-15(2)26)8-5-9-23(18,4)17(14)11-24-19(27)10-16(12-25)20(28)21(24)30-24/h10,17-18,20-21,25,28H,1,5-9,11-13H2,2-4H3/t17-,18?,20+,21-,22-,23+,24+/m0/s1. The minimum Gasteiger partial charge on any atom is -0.465 e. The Morgan fingerprint density at radius 3 is 2.77 bits per heavy atom. The van der Waals surface area contributed by atoms with E-state index in [-0.39, 0.29) is 35.1 Å². The first-order chi connectivity index (χ1) is 14.1. The zero-order valence-corrected chi connectivity index (χ0v) is 18.3. The Morgan fingerprint density at radius 2 is 2.10 bits per heavy atom. The van der Waals surface area contributed by atoms with Crippen molar-refractivity contribution < 1.29 is 29.3 Å². The molecule has 1 saturated heterocycles. The molecule has 1 unspecified atom stereocenters. The largest absolute Gasteiger partial charge is 0.465 e. The molecule has 1 heterocycles. The fourth-order valence-electron chi connectivity index (χ4n) is 6.89. The molecule has 6 nitrogen and oxygen atoms in total. The van der Waals surface area contributed by atoms with Crippen LogP contribution in [0.3, 0.4) is 0 Å². The smallest absolute Gasteiger partial charge is 0.302 e. The van der Waals surface area contributed by atoms with Crippen LogP contribution in [0.4, 0.5) is 0 Å². The summed E-state index contributed by atoms with van der Waals surface area (Å²) in [5.41, 5.74) is 0.309. The van der Waals surface area contributed by atoms with Gasteiger partial charge < -0.3 is 19.7 Å². The van der Waals surface area contributed by atoms with Gasteiger partial charge in [-0.2, -0.15) is 0 Å². The summed E-state index contributed by atoms with van der Waals surface area (Å²) >= 11 is 0. The van der Waals surface area contributed by atoms with Crippen LogP contribution >= 0.6 is 0 Å². The molecule has 0 aromatic heterocycles. The molecular weight excluding hydrogens is 384 g/mol. The van der Waals surface area contributed by atoms with Gasteiger partial charge in [0.25, 0.3) is 0 Å². The number of allylic oxidation sites excluding steroid dienone is 1. The monoisotopic (exact) mass is 418 g/mol. The summed E-state index contributed by atoms with van der Waals surface area (Å²) in [6, 6.07) is 0. The van der Waals surface area contributed by atoms with Crippen molar-refractivity contribution in [1.82, 2.24) is 0 Å². The molecule has 0 amide bonds. The number of carbonyl (C=O) groups is 2. The molecule has 7 atom stereocenters. The molecule has 2 N–H and O–H groups in total. The van der Waals surface area contributed by atoms with E-state index in [4.69, 9.17) is 9.47 Å². The maximum absolute atomic E-state index is 12.9. The van der Waals surface area contributed by atoms with Crippen LogP contribution in [-0.2, 0) is 19.1 Å². The van der Waals surface area contributed by atoms with Gasteiger partial charge in [-0.1, -0.05) is 32.4 Å². The highest BCUT2D eigenvalue weighted by Crippen LogP contribution is 2.64. The quantitative estimate of drug-likeness (QED) is 0.405. The lowest BCUT2D eigenvalue weighted by atomic mass is 9.46. The van der Waals surface area contributed by atoms with Gasteiger partial charge in [0, 0.05) is 12.3 Å². The SMILES string of the molecule is C=C1CCC2[C@](C)(COC(C)=O)CCC[C@]2(C)[C@H]1C[C@]12O[C@H]1[C@H](O)C(CO)=CC2=O. The van der Waals surface area contributed by atoms with Gasteiger partial charge in [0.15, 0.2) is 11.4 Å². The Kier molecular flexibility index (Phi) is 5.27. The van der Waals surface area contributed by atoms with Crippen LogP contribution in [0.2, 0.25) is 0 Å². The summed E-state index contributed by atoms with van der Waals surface area (Å²) in [5.74, 6) is 0.0493. The number of ether oxygens (including phenoxy) is 2. The highest BCUT2D eigenvalue weighted by atomic mass is 16.6. The van der Waals surface area contributed by atoms with Crippen molar-refractivity contribution in [3.05, 3.63) is 23.8 Å². The van der Waals surface area contributed by atoms with E-state index in [9.17, 15) is 19.8 Å². The molecule has 2 saturated carbocycles. The fourth-order valence-corrected chi connectivity index (χ4v) is 6.89. The van der Waals surface area contributed by atoms with Crippen molar-refractivity contribution in [2.45, 2.75) is 77.1 Å². The van der Waals surface area contributed by atoms with Gasteiger partial charge in [-0.05, 0) is 61.0 Å². The molecule has 4 rings (SSSR count). The third-order valence-electron chi connectivity index (χ3n) is 8.58. The van der Waals surface area contributed by atoms with Crippen molar-refractivity contribution in [2.75, 3.05) is 13.2 Å². The van der Waals surface area contributed by atoms with Crippen LogP contribution in [0.5, 0.6) is 0 Å².